The van der Waals surface area contributed by atoms with E-state index in [0.29, 0.717) is 70.7 Å². The minimum Gasteiger partial charge on any atom is -0.381 e. The largest absolute Gasteiger partial charge is 0.381 e. The molecule has 0 radical (unpaired) electrons. The van der Waals surface area contributed by atoms with E-state index in [-0.39, 0.29) is 18.2 Å². The van der Waals surface area contributed by atoms with Gasteiger partial charge < -0.3 is 30.6 Å². The summed E-state index contributed by atoms with van der Waals surface area (Å²) in [5, 5.41) is 20.3. The third kappa shape index (κ3) is 4.84. The van der Waals surface area contributed by atoms with E-state index in [2.05, 4.69) is 26.2 Å². The number of anilines is 1. The summed E-state index contributed by atoms with van der Waals surface area (Å²) in [4.78, 5) is 42.3. The Labute approximate surface area is 228 Å². The molecule has 3 aliphatic heterocycles. The first-order valence-corrected chi connectivity index (χ1v) is 14.5. The molecule has 0 bridgehead atoms. The molecule has 2 aromatic heterocycles. The van der Waals surface area contributed by atoms with Crippen LogP contribution in [-0.4, -0.2) is 106 Å². The Morgan fingerprint density at radius 2 is 1.64 bits per heavy atom. The van der Waals surface area contributed by atoms with Crippen LogP contribution in [-0.2, 0) is 21.0 Å². The predicted octanol–water partition coefficient (Wildman–Crippen LogP) is 0.923. The number of nitrogens with zero attached hydrogens (tertiary/aromatic N) is 6. The summed E-state index contributed by atoms with van der Waals surface area (Å²) < 4.78 is 1.88. The zero-order chi connectivity index (χ0) is 26.8. The van der Waals surface area contributed by atoms with E-state index in [1.807, 2.05) is 17.8 Å². The molecule has 0 unspecified atom stereocenters. The van der Waals surface area contributed by atoms with Crippen molar-refractivity contribution < 1.29 is 14.4 Å². The number of carbonyl (C=O) groups excluding carboxylic acids is 2. The van der Waals surface area contributed by atoms with Crippen LogP contribution < -0.4 is 16.0 Å². The third-order valence-electron chi connectivity index (χ3n) is 8.46. The second-order valence-electron chi connectivity index (χ2n) is 10.9. The number of fused-ring (bicyclic) bond motifs is 1. The van der Waals surface area contributed by atoms with Crippen molar-refractivity contribution in [3.8, 4) is 0 Å². The molecule has 1 aliphatic carbocycles. The maximum absolute atomic E-state index is 14.0. The lowest BCUT2D eigenvalue weighted by molar-refractivity contribution is -0.172. The average molecular weight is 538 g/mol. The molecule has 3 fully saturated rings. The summed E-state index contributed by atoms with van der Waals surface area (Å²) in [5.74, 6) is -0.609. The standard InChI is InChI=1S/C27H39N9O3/c1-2-36-24-21(18-31-36)23(32-19-6-4-3-5-7-19)20(17-30-24)22-16-27(39-33-22,25(37)34-12-8-28-9-13-34)26(38)35-14-10-29-11-15-35/h17-19,28-29H,2-16H2,1H3,(H,30,32). The number of pyridine rings is 1. The number of hydrogen-bond acceptors (Lipinski definition) is 9. The molecule has 210 valence electrons. The van der Waals surface area contributed by atoms with Gasteiger partial charge in [-0.05, 0) is 19.8 Å². The normalized spacial score (nSPS) is 22.0. The molecule has 0 spiro atoms. The van der Waals surface area contributed by atoms with E-state index < -0.39 is 5.60 Å². The molecule has 6 rings (SSSR count). The van der Waals surface area contributed by atoms with Crippen molar-refractivity contribution in [1.82, 2.24) is 35.2 Å². The van der Waals surface area contributed by atoms with E-state index in [4.69, 9.17) is 9.82 Å². The topological polar surface area (TPSA) is 129 Å². The van der Waals surface area contributed by atoms with Gasteiger partial charge in [0, 0.05) is 76.7 Å². The van der Waals surface area contributed by atoms with Gasteiger partial charge in [-0.2, -0.15) is 5.10 Å². The van der Waals surface area contributed by atoms with Crippen molar-refractivity contribution in [2.24, 2.45) is 5.16 Å². The minimum absolute atomic E-state index is 0.0764. The van der Waals surface area contributed by atoms with Gasteiger partial charge in [0.15, 0.2) is 5.65 Å². The van der Waals surface area contributed by atoms with Crippen LogP contribution in [0.4, 0.5) is 5.69 Å². The molecule has 0 aromatic carbocycles. The second-order valence-corrected chi connectivity index (χ2v) is 10.9. The smallest absolute Gasteiger partial charge is 0.297 e. The third-order valence-corrected chi connectivity index (χ3v) is 8.46. The SMILES string of the molecule is CCn1ncc2c(NC3CCCCC3)c(C3=NOC(C(=O)N4CCNCC4)(C(=O)N4CCNCC4)C3)cnc21. The molecule has 2 aromatic rings. The lowest BCUT2D eigenvalue weighted by Gasteiger charge is -2.37. The van der Waals surface area contributed by atoms with Crippen molar-refractivity contribution in [2.45, 2.75) is 63.6 Å². The number of carbonyl (C=O) groups is 2. The molecule has 4 aliphatic rings. The van der Waals surface area contributed by atoms with Gasteiger partial charge in [0.1, 0.15) is 0 Å². The number of piperazine rings is 2. The summed E-state index contributed by atoms with van der Waals surface area (Å²) in [6.45, 7) is 7.65. The summed E-state index contributed by atoms with van der Waals surface area (Å²) >= 11 is 0. The van der Waals surface area contributed by atoms with Crippen LogP contribution in [0.1, 0.15) is 51.0 Å². The Hall–Kier alpha value is -3.25. The number of hydrogen-bond donors (Lipinski definition) is 3. The Kier molecular flexibility index (Phi) is 7.39. The van der Waals surface area contributed by atoms with Gasteiger partial charge >= 0.3 is 0 Å². The van der Waals surface area contributed by atoms with Crippen molar-refractivity contribution in [1.29, 1.82) is 0 Å². The first-order chi connectivity index (χ1) is 19.1. The summed E-state index contributed by atoms with van der Waals surface area (Å²) in [5.41, 5.74) is 1.35. The van der Waals surface area contributed by atoms with E-state index >= 15 is 0 Å². The summed E-state index contributed by atoms with van der Waals surface area (Å²) in [7, 11) is 0. The van der Waals surface area contributed by atoms with Crippen molar-refractivity contribution in [3.63, 3.8) is 0 Å². The van der Waals surface area contributed by atoms with E-state index in [1.54, 1.807) is 16.0 Å². The maximum atomic E-state index is 14.0. The average Bonchev–Trinajstić information content (AvgIpc) is 3.64. The van der Waals surface area contributed by atoms with Crippen molar-refractivity contribution >= 4 is 34.2 Å². The van der Waals surface area contributed by atoms with E-state index in [0.717, 1.165) is 35.1 Å². The van der Waals surface area contributed by atoms with Crippen LogP contribution >= 0.6 is 0 Å². The molecule has 39 heavy (non-hydrogen) atoms. The molecule has 0 atom stereocenters. The van der Waals surface area contributed by atoms with Gasteiger partial charge in [0.25, 0.3) is 17.4 Å². The first-order valence-electron chi connectivity index (χ1n) is 14.5. The molecule has 1 saturated carbocycles. The quantitative estimate of drug-likeness (QED) is 0.464. The van der Waals surface area contributed by atoms with Gasteiger partial charge in [0.2, 0.25) is 0 Å². The van der Waals surface area contributed by atoms with Crippen molar-refractivity contribution in [3.05, 3.63) is 18.0 Å². The molecule has 12 heteroatoms. The summed E-state index contributed by atoms with van der Waals surface area (Å²) in [6.07, 6.45) is 9.57. The van der Waals surface area contributed by atoms with Crippen LogP contribution in [0.2, 0.25) is 0 Å². The zero-order valence-corrected chi connectivity index (χ0v) is 22.7. The Morgan fingerprint density at radius 3 is 2.26 bits per heavy atom. The minimum atomic E-state index is -1.70. The Balaban J connectivity index is 1.36. The highest BCUT2D eigenvalue weighted by atomic mass is 16.7. The fourth-order valence-electron chi connectivity index (χ4n) is 6.23. The molecular weight excluding hydrogens is 498 g/mol. The number of oxime groups is 1. The molecular formula is C27H39N9O3. The number of aromatic nitrogens is 3. The zero-order valence-electron chi connectivity index (χ0n) is 22.7. The monoisotopic (exact) mass is 537 g/mol. The van der Waals surface area contributed by atoms with Crippen molar-refractivity contribution in [2.75, 3.05) is 57.7 Å². The molecule has 3 N–H and O–H groups in total. The maximum Gasteiger partial charge on any atom is 0.297 e. The predicted molar refractivity (Wildman–Crippen MR) is 148 cm³/mol. The van der Waals surface area contributed by atoms with Crippen LogP contribution in [0.5, 0.6) is 0 Å². The number of nitrogens with one attached hydrogen (secondary N) is 3. The van der Waals surface area contributed by atoms with Gasteiger partial charge in [-0.25, -0.2) is 9.67 Å². The molecule has 2 amide bonds. The van der Waals surface area contributed by atoms with Crippen LogP contribution in [0.15, 0.2) is 17.5 Å². The summed E-state index contributed by atoms with van der Waals surface area (Å²) in [6, 6.07) is 0.339. The Morgan fingerprint density at radius 1 is 1.00 bits per heavy atom. The van der Waals surface area contributed by atoms with E-state index in [1.165, 1.54) is 19.3 Å². The first kappa shape index (κ1) is 26.0. The van der Waals surface area contributed by atoms with Crippen LogP contribution in [0.3, 0.4) is 0 Å². The molecule has 2 saturated heterocycles. The van der Waals surface area contributed by atoms with Gasteiger partial charge in [-0.15, -0.1) is 0 Å². The van der Waals surface area contributed by atoms with Gasteiger partial charge in [-0.1, -0.05) is 24.4 Å². The lowest BCUT2D eigenvalue weighted by atomic mass is 9.89. The Bertz CT molecular complexity index is 1210. The van der Waals surface area contributed by atoms with Gasteiger partial charge in [0.05, 0.1) is 29.4 Å². The fraction of sp³-hybridized carbons (Fsp3) is 0.667. The highest BCUT2D eigenvalue weighted by Crippen LogP contribution is 2.36. The fourth-order valence-corrected chi connectivity index (χ4v) is 6.23. The van der Waals surface area contributed by atoms with Crippen LogP contribution in [0, 0.1) is 0 Å². The van der Waals surface area contributed by atoms with E-state index in [9.17, 15) is 9.59 Å². The van der Waals surface area contributed by atoms with Gasteiger partial charge in [-0.3, -0.25) is 9.59 Å². The lowest BCUT2D eigenvalue weighted by Crippen LogP contribution is -2.63. The molecule has 5 heterocycles. The highest BCUT2D eigenvalue weighted by Gasteiger charge is 2.57. The number of amides is 2. The molecule has 12 nitrogen and oxygen atoms in total. The van der Waals surface area contributed by atoms with Crippen LogP contribution in [0.25, 0.3) is 11.0 Å². The highest BCUT2D eigenvalue weighted by molar-refractivity contribution is 6.18. The number of aryl methyl sites for hydroxylation is 1. The number of rotatable bonds is 6. The second kappa shape index (κ2) is 11.1.